The first kappa shape index (κ1) is 14.8. The average molecular weight is 271 g/mol. The van der Waals surface area contributed by atoms with Crippen LogP contribution in [-0.2, 0) is 6.42 Å². The van der Waals surface area contributed by atoms with E-state index in [1.807, 2.05) is 29.1 Å². The van der Waals surface area contributed by atoms with Crippen LogP contribution in [0.1, 0.15) is 33.4 Å². The number of nitrogens with zero attached hydrogens (tertiary/aromatic N) is 2. The molecule has 0 amide bonds. The number of nitrogens with one attached hydrogen (secondary N) is 1. The van der Waals surface area contributed by atoms with Crippen LogP contribution in [0.25, 0.3) is 5.69 Å². The molecule has 1 heterocycles. The molecule has 20 heavy (non-hydrogen) atoms. The fraction of sp³-hybridized carbons (Fsp3) is 0.471. The van der Waals surface area contributed by atoms with Crippen LogP contribution in [0.3, 0.4) is 0 Å². The van der Waals surface area contributed by atoms with Gasteiger partial charge in [-0.2, -0.15) is 5.10 Å². The summed E-state index contributed by atoms with van der Waals surface area (Å²) in [7, 11) is 0. The van der Waals surface area contributed by atoms with E-state index in [1.165, 1.54) is 5.69 Å². The maximum absolute atomic E-state index is 4.44. The van der Waals surface area contributed by atoms with Crippen molar-refractivity contribution in [1.82, 2.24) is 15.1 Å². The molecule has 0 saturated heterocycles. The lowest BCUT2D eigenvalue weighted by molar-refractivity contribution is 0.379. The predicted octanol–water partition coefficient (Wildman–Crippen LogP) is 3.44. The van der Waals surface area contributed by atoms with E-state index in [1.54, 1.807) is 0 Å². The molecule has 0 fully saturated rings. The summed E-state index contributed by atoms with van der Waals surface area (Å²) >= 11 is 0. The van der Waals surface area contributed by atoms with Gasteiger partial charge in [0.1, 0.15) is 0 Å². The Morgan fingerprint density at radius 1 is 1.15 bits per heavy atom. The summed E-state index contributed by atoms with van der Waals surface area (Å²) in [5.74, 6) is 0.577. The van der Waals surface area contributed by atoms with Crippen molar-refractivity contribution in [1.29, 1.82) is 0 Å². The average Bonchev–Trinajstić information content (AvgIpc) is 2.85. The van der Waals surface area contributed by atoms with Crippen LogP contribution in [0.4, 0.5) is 0 Å². The Kier molecular flexibility index (Phi) is 4.61. The second-order valence-corrected chi connectivity index (χ2v) is 6.51. The molecular weight excluding hydrogens is 246 g/mol. The van der Waals surface area contributed by atoms with Crippen LogP contribution >= 0.6 is 0 Å². The molecule has 1 aromatic heterocycles. The van der Waals surface area contributed by atoms with Gasteiger partial charge in [-0.1, -0.05) is 25.1 Å². The Hall–Kier alpha value is -1.61. The highest BCUT2D eigenvalue weighted by Gasteiger charge is 2.13. The maximum Gasteiger partial charge on any atom is 0.0648 e. The second-order valence-electron chi connectivity index (χ2n) is 6.51. The Bertz CT molecular complexity index is 523. The lowest BCUT2D eigenvalue weighted by Gasteiger charge is -2.23. The van der Waals surface area contributed by atoms with Crippen molar-refractivity contribution in [3.63, 3.8) is 0 Å². The second kappa shape index (κ2) is 6.23. The fourth-order valence-corrected chi connectivity index (χ4v) is 2.20. The molecule has 0 radical (unpaired) electrons. The van der Waals surface area contributed by atoms with Crippen molar-refractivity contribution in [2.45, 2.75) is 39.7 Å². The Morgan fingerprint density at radius 2 is 1.85 bits per heavy atom. The molecule has 0 aliphatic heterocycles. The van der Waals surface area contributed by atoms with Crippen molar-refractivity contribution in [2.75, 3.05) is 6.54 Å². The van der Waals surface area contributed by atoms with Crippen molar-refractivity contribution in [3.05, 3.63) is 48.3 Å². The molecule has 1 atom stereocenters. The highest BCUT2D eigenvalue weighted by molar-refractivity contribution is 5.32. The zero-order valence-electron chi connectivity index (χ0n) is 12.9. The topological polar surface area (TPSA) is 29.9 Å². The Balaban J connectivity index is 2.02. The van der Waals surface area contributed by atoms with E-state index in [9.17, 15) is 0 Å². The maximum atomic E-state index is 4.44. The largest absolute Gasteiger partial charge is 0.312 e. The zero-order valence-corrected chi connectivity index (χ0v) is 12.9. The van der Waals surface area contributed by atoms with Crippen molar-refractivity contribution in [3.8, 4) is 5.69 Å². The van der Waals surface area contributed by atoms with Gasteiger partial charge in [0.15, 0.2) is 0 Å². The van der Waals surface area contributed by atoms with E-state index >= 15 is 0 Å². The van der Waals surface area contributed by atoms with Crippen molar-refractivity contribution < 1.29 is 0 Å². The van der Waals surface area contributed by atoms with Gasteiger partial charge >= 0.3 is 0 Å². The van der Waals surface area contributed by atoms with Gasteiger partial charge in [0.05, 0.1) is 5.69 Å². The molecule has 2 rings (SSSR count). The molecule has 3 nitrogen and oxygen atoms in total. The monoisotopic (exact) mass is 271 g/mol. The number of benzene rings is 1. The quantitative estimate of drug-likeness (QED) is 0.903. The first-order chi connectivity index (χ1) is 9.46. The first-order valence-electron chi connectivity index (χ1n) is 7.29. The van der Waals surface area contributed by atoms with E-state index < -0.39 is 0 Å². The third-order valence-corrected chi connectivity index (χ3v) is 3.26. The molecule has 108 valence electrons. The molecule has 3 heteroatoms. The van der Waals surface area contributed by atoms with Gasteiger partial charge in [0.2, 0.25) is 0 Å². The zero-order chi connectivity index (χ0) is 14.6. The van der Waals surface area contributed by atoms with E-state index in [0.29, 0.717) is 5.92 Å². The highest BCUT2D eigenvalue weighted by atomic mass is 15.3. The summed E-state index contributed by atoms with van der Waals surface area (Å²) in [6, 6.07) is 12.4. The molecular formula is C17H25N3. The van der Waals surface area contributed by atoms with Gasteiger partial charge in [0, 0.05) is 17.4 Å². The van der Waals surface area contributed by atoms with Gasteiger partial charge < -0.3 is 5.32 Å². The van der Waals surface area contributed by atoms with Crippen LogP contribution < -0.4 is 5.32 Å². The number of aromatic nitrogens is 2. The molecule has 0 aliphatic rings. The molecule has 2 aromatic rings. The van der Waals surface area contributed by atoms with Crippen LogP contribution in [0.5, 0.6) is 0 Å². The van der Waals surface area contributed by atoms with Gasteiger partial charge in [-0.15, -0.1) is 0 Å². The lowest BCUT2D eigenvalue weighted by Crippen LogP contribution is -2.39. The van der Waals surface area contributed by atoms with Crippen LogP contribution in [0.15, 0.2) is 42.6 Å². The summed E-state index contributed by atoms with van der Waals surface area (Å²) in [6.07, 6.45) is 2.91. The van der Waals surface area contributed by atoms with Crippen LogP contribution in [0, 0.1) is 5.92 Å². The third-order valence-electron chi connectivity index (χ3n) is 3.26. The Morgan fingerprint density at radius 3 is 2.50 bits per heavy atom. The van der Waals surface area contributed by atoms with Gasteiger partial charge in [-0.25, -0.2) is 4.68 Å². The normalized spacial score (nSPS) is 13.4. The minimum atomic E-state index is 0.175. The molecule has 1 aromatic carbocycles. The molecule has 0 aliphatic carbocycles. The molecule has 1 N–H and O–H groups in total. The number of hydrogen-bond acceptors (Lipinski definition) is 2. The van der Waals surface area contributed by atoms with E-state index in [4.69, 9.17) is 0 Å². The number of para-hydroxylation sites is 1. The minimum Gasteiger partial charge on any atom is -0.312 e. The number of rotatable bonds is 5. The third kappa shape index (κ3) is 4.20. The molecule has 1 unspecified atom stereocenters. The smallest absolute Gasteiger partial charge is 0.0648 e. The molecule has 0 saturated carbocycles. The van der Waals surface area contributed by atoms with E-state index in [2.05, 4.69) is 56.3 Å². The summed E-state index contributed by atoms with van der Waals surface area (Å²) < 4.78 is 2.04. The summed E-state index contributed by atoms with van der Waals surface area (Å²) in [5, 5.41) is 8.01. The predicted molar refractivity (Wildman–Crippen MR) is 84.2 cm³/mol. The van der Waals surface area contributed by atoms with Crippen LogP contribution in [0.2, 0.25) is 0 Å². The van der Waals surface area contributed by atoms with E-state index in [0.717, 1.165) is 18.7 Å². The highest BCUT2D eigenvalue weighted by Crippen LogP contribution is 2.14. The fourth-order valence-electron chi connectivity index (χ4n) is 2.20. The summed E-state index contributed by atoms with van der Waals surface area (Å²) in [5.41, 5.74) is 2.57. The minimum absolute atomic E-state index is 0.175. The Labute approximate surface area is 122 Å². The number of hydrogen-bond donors (Lipinski definition) is 1. The van der Waals surface area contributed by atoms with Gasteiger partial charge in [-0.3, -0.25) is 0 Å². The van der Waals surface area contributed by atoms with Gasteiger partial charge in [0.25, 0.3) is 0 Å². The van der Waals surface area contributed by atoms with Crippen LogP contribution in [-0.4, -0.2) is 21.9 Å². The standard InChI is InChI=1S/C17H25N3/c1-14(13-18-17(2,3)4)12-16-10-11-19-20(16)15-8-6-5-7-9-15/h5-11,14,18H,12-13H2,1-4H3. The summed E-state index contributed by atoms with van der Waals surface area (Å²) in [4.78, 5) is 0. The molecule has 0 spiro atoms. The molecule has 0 bridgehead atoms. The lowest BCUT2D eigenvalue weighted by atomic mass is 10.0. The van der Waals surface area contributed by atoms with E-state index in [-0.39, 0.29) is 5.54 Å². The van der Waals surface area contributed by atoms with Crippen molar-refractivity contribution >= 4 is 0 Å². The van der Waals surface area contributed by atoms with Crippen molar-refractivity contribution in [2.24, 2.45) is 5.92 Å². The first-order valence-corrected chi connectivity index (χ1v) is 7.29. The SMILES string of the molecule is CC(CNC(C)(C)C)Cc1ccnn1-c1ccccc1. The summed E-state index contributed by atoms with van der Waals surface area (Å²) in [6.45, 7) is 9.90. The van der Waals surface area contributed by atoms with Gasteiger partial charge in [-0.05, 0) is 57.9 Å².